The minimum absolute atomic E-state index is 0.0538. The number of anilines is 2. The molecule has 4 aromatic rings. The molecule has 5 rings (SSSR count). The molecule has 6 nitrogen and oxygen atoms in total. The Bertz CT molecular complexity index is 1260. The maximum atomic E-state index is 13.5. The Morgan fingerprint density at radius 1 is 1.03 bits per heavy atom. The zero-order valence-corrected chi connectivity index (χ0v) is 18.3. The first-order valence-electron chi connectivity index (χ1n) is 10.6. The molecule has 0 bridgehead atoms. The van der Waals surface area contributed by atoms with Crippen molar-refractivity contribution in [3.8, 4) is 0 Å². The van der Waals surface area contributed by atoms with E-state index < -0.39 is 0 Å². The first-order chi connectivity index (χ1) is 16.0. The molecule has 0 radical (unpaired) electrons. The topological polar surface area (TPSA) is 71.8 Å². The van der Waals surface area contributed by atoms with Crippen molar-refractivity contribution in [2.75, 3.05) is 10.6 Å². The normalized spacial score (nSPS) is 17.2. The van der Waals surface area contributed by atoms with Gasteiger partial charge in [-0.2, -0.15) is 4.98 Å². The third-order valence-electron chi connectivity index (χ3n) is 5.67. The minimum Gasteiger partial charge on any atom is -0.347 e. The summed E-state index contributed by atoms with van der Waals surface area (Å²) in [5.41, 5.74) is 2.87. The summed E-state index contributed by atoms with van der Waals surface area (Å²) in [4.78, 5) is 17.1. The van der Waals surface area contributed by atoms with Crippen LogP contribution in [-0.2, 0) is 11.2 Å². The van der Waals surface area contributed by atoms with Gasteiger partial charge in [-0.3, -0.25) is 10.1 Å². The number of fused-ring (bicyclic) bond motifs is 1. The van der Waals surface area contributed by atoms with Gasteiger partial charge in [-0.25, -0.2) is 9.07 Å². The summed E-state index contributed by atoms with van der Waals surface area (Å²) in [6.45, 7) is 0. The number of rotatable bonds is 5. The van der Waals surface area contributed by atoms with Gasteiger partial charge >= 0.3 is 0 Å². The van der Waals surface area contributed by atoms with Crippen LogP contribution in [0.15, 0.2) is 78.9 Å². The van der Waals surface area contributed by atoms with Crippen LogP contribution < -0.4 is 10.6 Å². The van der Waals surface area contributed by atoms with Crippen molar-refractivity contribution in [1.29, 1.82) is 0 Å². The number of hydrogen-bond acceptors (Lipinski definition) is 4. The highest BCUT2D eigenvalue weighted by Crippen LogP contribution is 2.38. The number of benzene rings is 3. The van der Waals surface area contributed by atoms with E-state index in [1.165, 1.54) is 12.1 Å². The number of nitrogens with one attached hydrogen (secondary N) is 2. The molecule has 1 aliphatic heterocycles. The highest BCUT2D eigenvalue weighted by atomic mass is 35.5. The molecule has 8 heteroatoms. The lowest BCUT2D eigenvalue weighted by molar-refractivity contribution is -0.115. The zero-order chi connectivity index (χ0) is 22.8. The second-order valence-corrected chi connectivity index (χ2v) is 8.40. The van der Waals surface area contributed by atoms with Gasteiger partial charge in [-0.1, -0.05) is 66.2 Å². The lowest BCUT2D eigenvalue weighted by Crippen LogP contribution is -2.28. The number of hydrogen-bond donors (Lipinski definition) is 2. The monoisotopic (exact) mass is 461 g/mol. The van der Waals surface area contributed by atoms with Crippen molar-refractivity contribution in [2.24, 2.45) is 0 Å². The van der Waals surface area contributed by atoms with Gasteiger partial charge in [0.05, 0.1) is 18.5 Å². The van der Waals surface area contributed by atoms with Crippen LogP contribution in [0.2, 0.25) is 5.02 Å². The number of halogens is 2. The third-order valence-corrected chi connectivity index (χ3v) is 5.93. The lowest BCUT2D eigenvalue weighted by Gasteiger charge is -2.31. The molecule has 2 heterocycles. The maximum absolute atomic E-state index is 13.5. The van der Waals surface area contributed by atoms with Crippen LogP contribution in [0.3, 0.4) is 0 Å². The first kappa shape index (κ1) is 21.2. The summed E-state index contributed by atoms with van der Waals surface area (Å²) >= 11 is 6.06. The number of carbonyl (C=O) groups excluding carboxylic acids is 1. The van der Waals surface area contributed by atoms with Gasteiger partial charge in [0.2, 0.25) is 11.9 Å². The van der Waals surface area contributed by atoms with Gasteiger partial charge < -0.3 is 5.32 Å². The van der Waals surface area contributed by atoms with E-state index in [0.29, 0.717) is 17.4 Å². The molecule has 0 unspecified atom stereocenters. The summed E-state index contributed by atoms with van der Waals surface area (Å²) in [6, 6.07) is 23.3. The quantitative estimate of drug-likeness (QED) is 0.417. The maximum Gasteiger partial charge on any atom is 0.250 e. The third kappa shape index (κ3) is 4.73. The van der Waals surface area contributed by atoms with Gasteiger partial charge in [0.15, 0.2) is 0 Å². The molecule has 1 aromatic heterocycles. The molecule has 2 N–H and O–H groups in total. The highest BCUT2D eigenvalue weighted by molar-refractivity contribution is 6.30. The zero-order valence-electron chi connectivity index (χ0n) is 17.6. The smallest absolute Gasteiger partial charge is 0.250 e. The fourth-order valence-corrected chi connectivity index (χ4v) is 4.18. The van der Waals surface area contributed by atoms with Crippen LogP contribution in [0.1, 0.15) is 35.2 Å². The Hall–Kier alpha value is -3.71. The summed E-state index contributed by atoms with van der Waals surface area (Å²) < 4.78 is 15.3. The standard InChI is InChI=1S/C25H21ClFN5O/c26-19-10-6-17(7-11-19)21-15-22(18-8-12-20(27)13-9-18)32-25(28-21)30-24(31-32)29-23(33)14-16-4-2-1-3-5-16/h1-13,21-22H,14-15H2,(H2,28,29,30,31,33)/t21-,22-/m0/s1. The highest BCUT2D eigenvalue weighted by Gasteiger charge is 2.31. The number of amides is 1. The molecule has 33 heavy (non-hydrogen) atoms. The van der Waals surface area contributed by atoms with Gasteiger partial charge in [-0.15, -0.1) is 5.10 Å². The van der Waals surface area contributed by atoms with E-state index in [1.54, 1.807) is 16.8 Å². The molecule has 0 saturated heterocycles. The Labute approximate surface area is 195 Å². The molecule has 0 saturated carbocycles. The predicted octanol–water partition coefficient (Wildman–Crippen LogP) is 5.40. The SMILES string of the molecule is O=C(Cc1ccccc1)Nc1nc2n(n1)[C@H](c1ccc(F)cc1)C[C@@H](c1ccc(Cl)cc1)N2. The molecular formula is C25H21ClFN5O. The number of nitrogens with zero attached hydrogens (tertiary/aromatic N) is 3. The number of aromatic nitrogens is 3. The van der Waals surface area contributed by atoms with Crippen LogP contribution in [0.25, 0.3) is 0 Å². The average Bonchev–Trinajstić information content (AvgIpc) is 3.22. The fraction of sp³-hybridized carbons (Fsp3) is 0.160. The van der Waals surface area contributed by atoms with Crippen molar-refractivity contribution in [3.05, 3.63) is 106 Å². The van der Waals surface area contributed by atoms with Crippen LogP contribution in [0, 0.1) is 5.82 Å². The summed E-state index contributed by atoms with van der Waals surface area (Å²) in [7, 11) is 0. The number of carbonyl (C=O) groups is 1. The van der Waals surface area contributed by atoms with E-state index in [1.807, 2.05) is 54.6 Å². The van der Waals surface area contributed by atoms with Crippen LogP contribution >= 0.6 is 11.6 Å². The molecule has 0 aliphatic carbocycles. The predicted molar refractivity (Wildman–Crippen MR) is 126 cm³/mol. The van der Waals surface area contributed by atoms with Gasteiger partial charge in [0.25, 0.3) is 5.95 Å². The molecule has 1 aliphatic rings. The molecule has 3 aromatic carbocycles. The Morgan fingerprint density at radius 2 is 1.73 bits per heavy atom. The first-order valence-corrected chi connectivity index (χ1v) is 11.0. The molecule has 0 spiro atoms. The van der Waals surface area contributed by atoms with Gasteiger partial charge in [-0.05, 0) is 47.4 Å². The fourth-order valence-electron chi connectivity index (χ4n) is 4.06. The van der Waals surface area contributed by atoms with Crippen molar-refractivity contribution in [3.63, 3.8) is 0 Å². The Morgan fingerprint density at radius 3 is 2.45 bits per heavy atom. The van der Waals surface area contributed by atoms with E-state index in [-0.39, 0.29) is 36.2 Å². The Balaban J connectivity index is 1.43. The Kier molecular flexibility index (Phi) is 5.79. The van der Waals surface area contributed by atoms with Crippen molar-refractivity contribution in [2.45, 2.75) is 24.9 Å². The van der Waals surface area contributed by atoms with Gasteiger partial charge in [0.1, 0.15) is 5.82 Å². The van der Waals surface area contributed by atoms with Gasteiger partial charge in [0, 0.05) is 5.02 Å². The van der Waals surface area contributed by atoms with Crippen molar-refractivity contribution in [1.82, 2.24) is 14.8 Å². The van der Waals surface area contributed by atoms with Crippen LogP contribution in [-0.4, -0.2) is 20.7 Å². The van der Waals surface area contributed by atoms with E-state index in [9.17, 15) is 9.18 Å². The molecule has 0 fully saturated rings. The molecule has 166 valence electrons. The van der Waals surface area contributed by atoms with E-state index in [2.05, 4.69) is 20.7 Å². The van der Waals surface area contributed by atoms with Crippen LogP contribution in [0.4, 0.5) is 16.3 Å². The largest absolute Gasteiger partial charge is 0.347 e. The molecule has 2 atom stereocenters. The van der Waals surface area contributed by atoms with E-state index >= 15 is 0 Å². The van der Waals surface area contributed by atoms with E-state index in [4.69, 9.17) is 11.6 Å². The second kappa shape index (κ2) is 9.03. The van der Waals surface area contributed by atoms with E-state index in [0.717, 1.165) is 16.7 Å². The van der Waals surface area contributed by atoms with Crippen molar-refractivity contribution >= 4 is 29.4 Å². The average molecular weight is 462 g/mol. The lowest BCUT2D eigenvalue weighted by atomic mass is 9.93. The van der Waals surface area contributed by atoms with Crippen LogP contribution in [0.5, 0.6) is 0 Å². The summed E-state index contributed by atoms with van der Waals surface area (Å²) in [6.07, 6.45) is 0.897. The molecule has 1 amide bonds. The van der Waals surface area contributed by atoms with Crippen molar-refractivity contribution < 1.29 is 9.18 Å². The minimum atomic E-state index is -0.297. The molecular weight excluding hydrogens is 441 g/mol. The second-order valence-electron chi connectivity index (χ2n) is 7.97. The summed E-state index contributed by atoms with van der Waals surface area (Å²) in [5.74, 6) is 0.263. The summed E-state index contributed by atoms with van der Waals surface area (Å²) in [5, 5.41) is 11.4.